The van der Waals surface area contributed by atoms with Crippen LogP contribution in [0.25, 0.3) is 0 Å². The SMILES string of the molecule is CCCN[Si](NCC)(OC)OC. The predicted octanol–water partition coefficient (Wildman–Crippen LogP) is 0.324. The molecule has 5 heteroatoms. The number of hydrogen-bond donors (Lipinski definition) is 2. The highest BCUT2D eigenvalue weighted by Crippen LogP contribution is 1.95. The predicted molar refractivity (Wildman–Crippen MR) is 51.7 cm³/mol. The van der Waals surface area contributed by atoms with Crippen molar-refractivity contribution in [2.45, 2.75) is 20.3 Å². The molecule has 0 aromatic heterocycles. The summed E-state index contributed by atoms with van der Waals surface area (Å²) >= 11 is 0. The average molecular weight is 192 g/mol. The van der Waals surface area contributed by atoms with Gasteiger partial charge in [0.25, 0.3) is 0 Å². The highest BCUT2D eigenvalue weighted by molar-refractivity contribution is 6.62. The van der Waals surface area contributed by atoms with Crippen molar-refractivity contribution in [2.75, 3.05) is 27.3 Å². The zero-order valence-electron chi connectivity index (χ0n) is 8.44. The lowest BCUT2D eigenvalue weighted by atomic mass is 10.5. The molecular formula is C7H20N2O2Si. The third-order valence-electron chi connectivity index (χ3n) is 1.59. The van der Waals surface area contributed by atoms with E-state index in [-0.39, 0.29) is 0 Å². The van der Waals surface area contributed by atoms with Crippen LogP contribution in [0.15, 0.2) is 0 Å². The molecule has 0 rings (SSSR count). The molecule has 0 aromatic carbocycles. The molecule has 4 nitrogen and oxygen atoms in total. The van der Waals surface area contributed by atoms with E-state index < -0.39 is 8.88 Å². The molecule has 0 aromatic rings. The Bertz CT molecular complexity index is 110. The smallest absolute Gasteiger partial charge is 0.374 e. The van der Waals surface area contributed by atoms with Crippen molar-refractivity contribution < 1.29 is 8.85 Å². The fourth-order valence-corrected chi connectivity index (χ4v) is 2.87. The Labute approximate surface area is 76.0 Å². The van der Waals surface area contributed by atoms with Gasteiger partial charge >= 0.3 is 8.88 Å². The molecule has 0 saturated heterocycles. The van der Waals surface area contributed by atoms with Crippen molar-refractivity contribution in [3.05, 3.63) is 0 Å². The average Bonchev–Trinajstić information content (AvgIpc) is 2.13. The van der Waals surface area contributed by atoms with Crippen LogP contribution < -0.4 is 9.96 Å². The largest absolute Gasteiger partial charge is 0.516 e. The van der Waals surface area contributed by atoms with E-state index in [1.165, 1.54) is 0 Å². The minimum atomic E-state index is -2.26. The molecule has 0 unspecified atom stereocenters. The second kappa shape index (κ2) is 6.56. The fraction of sp³-hybridized carbons (Fsp3) is 1.00. The maximum Gasteiger partial charge on any atom is 0.516 e. The number of rotatable bonds is 7. The first-order valence-electron chi connectivity index (χ1n) is 4.35. The molecule has 0 heterocycles. The van der Waals surface area contributed by atoms with Crippen LogP contribution in [-0.2, 0) is 8.85 Å². The van der Waals surface area contributed by atoms with Crippen molar-refractivity contribution in [1.82, 2.24) is 9.96 Å². The van der Waals surface area contributed by atoms with E-state index in [2.05, 4.69) is 16.9 Å². The van der Waals surface area contributed by atoms with Crippen LogP contribution in [0.3, 0.4) is 0 Å². The summed E-state index contributed by atoms with van der Waals surface area (Å²) in [4.78, 5) is 6.48. The van der Waals surface area contributed by atoms with E-state index in [0.29, 0.717) is 0 Å². The monoisotopic (exact) mass is 192 g/mol. The summed E-state index contributed by atoms with van der Waals surface area (Å²) in [5.74, 6) is 0. The number of hydrogen-bond acceptors (Lipinski definition) is 4. The van der Waals surface area contributed by atoms with Crippen LogP contribution in [0, 0.1) is 0 Å². The minimum absolute atomic E-state index is 0.852. The van der Waals surface area contributed by atoms with Gasteiger partial charge in [-0.25, -0.2) is 0 Å². The van der Waals surface area contributed by atoms with E-state index in [1.807, 2.05) is 6.92 Å². The van der Waals surface area contributed by atoms with Crippen LogP contribution in [0.2, 0.25) is 0 Å². The van der Waals surface area contributed by atoms with Crippen LogP contribution >= 0.6 is 0 Å². The van der Waals surface area contributed by atoms with Crippen LogP contribution in [0.4, 0.5) is 0 Å². The Kier molecular flexibility index (Phi) is 6.59. The third kappa shape index (κ3) is 3.64. The molecular weight excluding hydrogens is 172 g/mol. The van der Waals surface area contributed by atoms with Crippen LogP contribution in [0.1, 0.15) is 20.3 Å². The molecule has 12 heavy (non-hydrogen) atoms. The second-order valence-corrected chi connectivity index (χ2v) is 5.24. The van der Waals surface area contributed by atoms with Gasteiger partial charge in [-0.05, 0) is 19.5 Å². The zero-order valence-corrected chi connectivity index (χ0v) is 9.44. The molecule has 0 aliphatic heterocycles. The van der Waals surface area contributed by atoms with Gasteiger partial charge in [0.2, 0.25) is 0 Å². The molecule has 0 bridgehead atoms. The Morgan fingerprint density at radius 1 is 1.08 bits per heavy atom. The van der Waals surface area contributed by atoms with Gasteiger partial charge in [-0.15, -0.1) is 0 Å². The first kappa shape index (κ1) is 12.1. The summed E-state index contributed by atoms with van der Waals surface area (Å²) in [5.41, 5.74) is 0. The standard InChI is InChI=1S/C7H20N2O2Si/c1-5-7-9-12(10-3,11-4)8-6-2/h8-9H,5-7H2,1-4H3. The van der Waals surface area contributed by atoms with Crippen molar-refractivity contribution in [3.8, 4) is 0 Å². The topological polar surface area (TPSA) is 42.5 Å². The first-order chi connectivity index (χ1) is 5.74. The van der Waals surface area contributed by atoms with Gasteiger partial charge < -0.3 is 8.85 Å². The molecule has 74 valence electrons. The molecule has 0 saturated carbocycles. The first-order valence-corrected chi connectivity index (χ1v) is 6.16. The van der Waals surface area contributed by atoms with Crippen molar-refractivity contribution in [2.24, 2.45) is 0 Å². The summed E-state index contributed by atoms with van der Waals surface area (Å²) in [6.07, 6.45) is 1.08. The summed E-state index contributed by atoms with van der Waals surface area (Å²) in [6, 6.07) is 0. The van der Waals surface area contributed by atoms with E-state index in [4.69, 9.17) is 8.85 Å². The van der Waals surface area contributed by atoms with Crippen LogP contribution in [-0.4, -0.2) is 36.2 Å². The van der Waals surface area contributed by atoms with Gasteiger partial charge in [0, 0.05) is 14.2 Å². The van der Waals surface area contributed by atoms with Gasteiger partial charge in [-0.1, -0.05) is 13.8 Å². The Morgan fingerprint density at radius 3 is 2.00 bits per heavy atom. The van der Waals surface area contributed by atoms with Crippen LogP contribution in [0.5, 0.6) is 0 Å². The highest BCUT2D eigenvalue weighted by Gasteiger charge is 2.35. The molecule has 0 aliphatic carbocycles. The lowest BCUT2D eigenvalue weighted by molar-refractivity contribution is 0.214. The van der Waals surface area contributed by atoms with Crippen molar-refractivity contribution in [1.29, 1.82) is 0 Å². The second-order valence-electron chi connectivity index (χ2n) is 2.48. The molecule has 0 aliphatic rings. The molecule has 0 atom stereocenters. The Morgan fingerprint density at radius 2 is 1.67 bits per heavy atom. The Balaban J connectivity index is 3.95. The summed E-state index contributed by atoms with van der Waals surface area (Å²) in [6.45, 7) is 5.92. The third-order valence-corrected chi connectivity index (χ3v) is 4.28. The zero-order chi connectivity index (χ0) is 9.45. The molecule has 0 spiro atoms. The molecule has 0 radical (unpaired) electrons. The molecule has 2 N–H and O–H groups in total. The van der Waals surface area contributed by atoms with E-state index in [0.717, 1.165) is 19.5 Å². The van der Waals surface area contributed by atoms with Gasteiger partial charge in [-0.2, -0.15) is 0 Å². The lowest BCUT2D eigenvalue weighted by Crippen LogP contribution is -2.66. The molecule has 0 amide bonds. The molecule has 0 fully saturated rings. The maximum atomic E-state index is 5.32. The lowest BCUT2D eigenvalue weighted by Gasteiger charge is -2.27. The summed E-state index contributed by atoms with van der Waals surface area (Å²) in [5, 5.41) is 0. The van der Waals surface area contributed by atoms with Gasteiger partial charge in [0.15, 0.2) is 0 Å². The van der Waals surface area contributed by atoms with Gasteiger partial charge in [0.05, 0.1) is 0 Å². The summed E-state index contributed by atoms with van der Waals surface area (Å²) in [7, 11) is 1.07. The normalized spacial score (nSPS) is 12.0. The van der Waals surface area contributed by atoms with Crippen molar-refractivity contribution >= 4 is 8.88 Å². The maximum absolute atomic E-state index is 5.32. The minimum Gasteiger partial charge on any atom is -0.374 e. The van der Waals surface area contributed by atoms with Crippen molar-refractivity contribution in [3.63, 3.8) is 0 Å². The number of nitrogens with one attached hydrogen (secondary N) is 2. The van der Waals surface area contributed by atoms with E-state index >= 15 is 0 Å². The Hall–Kier alpha value is 0.0569. The van der Waals surface area contributed by atoms with E-state index in [9.17, 15) is 0 Å². The van der Waals surface area contributed by atoms with Gasteiger partial charge in [0.1, 0.15) is 0 Å². The quantitative estimate of drug-likeness (QED) is 0.570. The van der Waals surface area contributed by atoms with Gasteiger partial charge in [-0.3, -0.25) is 9.96 Å². The highest BCUT2D eigenvalue weighted by atomic mass is 28.4. The van der Waals surface area contributed by atoms with E-state index in [1.54, 1.807) is 14.2 Å². The fourth-order valence-electron chi connectivity index (χ4n) is 0.957. The summed E-state index contributed by atoms with van der Waals surface area (Å²) < 4.78 is 10.6.